The minimum atomic E-state index is -1.82. The predicted molar refractivity (Wildman–Crippen MR) is 110 cm³/mol. The van der Waals surface area contributed by atoms with Gasteiger partial charge in [0.1, 0.15) is 0 Å². The molecule has 1 aliphatic carbocycles. The van der Waals surface area contributed by atoms with Gasteiger partial charge in [0.2, 0.25) is 5.91 Å². The normalized spacial score (nSPS) is 15.6. The summed E-state index contributed by atoms with van der Waals surface area (Å²) in [6.45, 7) is 4.29. The number of Topliss-reactive ketones (excluding diaryl/α,β-unsaturated/α-hetero) is 1. The molecule has 0 bridgehead atoms. The standard InChI is InChI=1S/C15H22N4O2.2C2H2O4/c20-14(13-2-1-5-16-13)10-18-6-8-19(9-7-18)11-15(21)17-12-3-4-12;2*3-1(4)2(5)6/h1-2,5,12,16H,3-4,6-11H2,(H,17,21);2*(H,3,4)(H,5,6). The quantitative estimate of drug-likeness (QED) is 0.205. The lowest BCUT2D eigenvalue weighted by atomic mass is 10.2. The van der Waals surface area contributed by atoms with Crippen LogP contribution in [0, 0.1) is 0 Å². The number of nitrogens with one attached hydrogen (secondary N) is 2. The Morgan fingerprint density at radius 1 is 0.818 bits per heavy atom. The van der Waals surface area contributed by atoms with Crippen molar-refractivity contribution in [2.24, 2.45) is 0 Å². The van der Waals surface area contributed by atoms with E-state index in [1.807, 2.05) is 6.07 Å². The van der Waals surface area contributed by atoms with Crippen LogP contribution in [0.25, 0.3) is 0 Å². The zero-order chi connectivity index (χ0) is 25.0. The SMILES string of the molecule is O=C(CN1CCN(CC(=O)c2ccc[nH]2)CC1)NC1CC1.O=C(O)C(=O)O.O=C(O)C(=O)O. The number of rotatable bonds is 6. The fourth-order valence-electron chi connectivity index (χ4n) is 2.60. The number of aromatic nitrogens is 1. The predicted octanol–water partition coefficient (Wildman–Crippen LogP) is -1.60. The minimum absolute atomic E-state index is 0.125. The lowest BCUT2D eigenvalue weighted by molar-refractivity contribution is -0.159. The maximum atomic E-state index is 12.0. The lowest BCUT2D eigenvalue weighted by Crippen LogP contribution is -2.50. The first-order valence-electron chi connectivity index (χ1n) is 9.82. The fourth-order valence-corrected chi connectivity index (χ4v) is 2.60. The van der Waals surface area contributed by atoms with Crippen LogP contribution in [0.3, 0.4) is 0 Å². The summed E-state index contributed by atoms with van der Waals surface area (Å²) in [5, 5.41) is 32.6. The van der Waals surface area contributed by atoms with Crippen LogP contribution >= 0.6 is 0 Å². The molecule has 3 rings (SSSR count). The van der Waals surface area contributed by atoms with Gasteiger partial charge in [-0.3, -0.25) is 19.4 Å². The number of ketones is 1. The zero-order valence-corrected chi connectivity index (χ0v) is 17.6. The van der Waals surface area contributed by atoms with Gasteiger partial charge in [-0.05, 0) is 25.0 Å². The van der Waals surface area contributed by atoms with Crippen molar-refractivity contribution in [2.75, 3.05) is 39.3 Å². The van der Waals surface area contributed by atoms with Crippen LogP contribution in [0.15, 0.2) is 18.3 Å². The van der Waals surface area contributed by atoms with E-state index in [0.29, 0.717) is 24.8 Å². The van der Waals surface area contributed by atoms with E-state index in [-0.39, 0.29) is 11.7 Å². The molecule has 2 heterocycles. The molecule has 1 saturated carbocycles. The Hall–Kier alpha value is -3.78. The second-order valence-corrected chi connectivity index (χ2v) is 7.12. The van der Waals surface area contributed by atoms with Gasteiger partial charge in [-0.15, -0.1) is 0 Å². The van der Waals surface area contributed by atoms with E-state index in [1.165, 1.54) is 0 Å². The van der Waals surface area contributed by atoms with Crippen molar-refractivity contribution in [3.63, 3.8) is 0 Å². The Kier molecular flexibility index (Phi) is 11.2. The largest absolute Gasteiger partial charge is 0.473 e. The van der Waals surface area contributed by atoms with Crippen LogP contribution in [0.5, 0.6) is 0 Å². The first kappa shape index (κ1) is 27.3. The van der Waals surface area contributed by atoms with Gasteiger partial charge >= 0.3 is 23.9 Å². The second kappa shape index (κ2) is 13.6. The Balaban J connectivity index is 0.000000377. The maximum absolute atomic E-state index is 12.0. The van der Waals surface area contributed by atoms with Crippen LogP contribution in [0.2, 0.25) is 0 Å². The van der Waals surface area contributed by atoms with Gasteiger partial charge in [0.15, 0.2) is 5.78 Å². The summed E-state index contributed by atoms with van der Waals surface area (Å²) >= 11 is 0. The van der Waals surface area contributed by atoms with E-state index in [0.717, 1.165) is 39.0 Å². The molecule has 33 heavy (non-hydrogen) atoms. The van der Waals surface area contributed by atoms with Crippen molar-refractivity contribution < 1.29 is 49.2 Å². The molecule has 1 aliphatic heterocycles. The molecule has 2 aliphatic rings. The van der Waals surface area contributed by atoms with Gasteiger partial charge < -0.3 is 30.7 Å². The number of hydrogen-bond donors (Lipinski definition) is 6. The Bertz CT molecular complexity index is 795. The van der Waals surface area contributed by atoms with Gasteiger partial charge in [0, 0.05) is 38.4 Å². The number of H-pyrrole nitrogens is 1. The molecule has 0 unspecified atom stereocenters. The number of nitrogens with zero attached hydrogens (tertiary/aromatic N) is 2. The molecule has 182 valence electrons. The average Bonchev–Trinajstić information content (AvgIpc) is 3.37. The van der Waals surface area contributed by atoms with E-state index in [4.69, 9.17) is 39.6 Å². The molecular formula is C19H26N4O10. The summed E-state index contributed by atoms with van der Waals surface area (Å²) in [4.78, 5) is 67.4. The molecule has 1 aromatic heterocycles. The third-order valence-corrected chi connectivity index (χ3v) is 4.41. The van der Waals surface area contributed by atoms with E-state index in [1.54, 1.807) is 12.3 Å². The highest BCUT2D eigenvalue weighted by atomic mass is 16.4. The summed E-state index contributed by atoms with van der Waals surface area (Å²) in [7, 11) is 0. The van der Waals surface area contributed by atoms with Crippen LogP contribution in [0.1, 0.15) is 23.3 Å². The number of aromatic amines is 1. The average molecular weight is 470 g/mol. The molecule has 14 nitrogen and oxygen atoms in total. The number of carboxylic acid groups (broad SMARTS) is 4. The lowest BCUT2D eigenvalue weighted by Gasteiger charge is -2.33. The van der Waals surface area contributed by atoms with Crippen LogP contribution < -0.4 is 5.32 Å². The molecule has 1 saturated heterocycles. The number of hydrogen-bond acceptors (Lipinski definition) is 8. The van der Waals surface area contributed by atoms with Crippen LogP contribution in [-0.4, -0.2) is 116 Å². The number of carboxylic acids is 4. The zero-order valence-electron chi connectivity index (χ0n) is 17.6. The number of amides is 1. The van der Waals surface area contributed by atoms with E-state index < -0.39 is 23.9 Å². The van der Waals surface area contributed by atoms with Gasteiger partial charge in [0.05, 0.1) is 18.8 Å². The number of carbonyl (C=O) groups is 6. The van der Waals surface area contributed by atoms with Crippen molar-refractivity contribution >= 4 is 35.6 Å². The topological polar surface area (TPSA) is 218 Å². The molecule has 1 amide bonds. The van der Waals surface area contributed by atoms with E-state index in [9.17, 15) is 9.59 Å². The first-order valence-corrected chi connectivity index (χ1v) is 9.82. The van der Waals surface area contributed by atoms with Gasteiger partial charge in [0.25, 0.3) is 0 Å². The second-order valence-electron chi connectivity index (χ2n) is 7.12. The Morgan fingerprint density at radius 3 is 1.64 bits per heavy atom. The summed E-state index contributed by atoms with van der Waals surface area (Å²) in [5.41, 5.74) is 0.668. The molecular weight excluding hydrogens is 444 g/mol. The van der Waals surface area contributed by atoms with E-state index in [2.05, 4.69) is 20.1 Å². The summed E-state index contributed by atoms with van der Waals surface area (Å²) in [6, 6.07) is 4.07. The summed E-state index contributed by atoms with van der Waals surface area (Å²) < 4.78 is 0. The minimum Gasteiger partial charge on any atom is -0.473 e. The highest BCUT2D eigenvalue weighted by Crippen LogP contribution is 2.18. The first-order chi connectivity index (χ1) is 15.5. The third kappa shape index (κ3) is 12.0. The van der Waals surface area contributed by atoms with Crippen LogP contribution in [0.4, 0.5) is 0 Å². The maximum Gasteiger partial charge on any atom is 0.414 e. The third-order valence-electron chi connectivity index (χ3n) is 4.41. The Morgan fingerprint density at radius 2 is 1.27 bits per heavy atom. The highest BCUT2D eigenvalue weighted by Gasteiger charge is 2.25. The van der Waals surface area contributed by atoms with Gasteiger partial charge in [-0.1, -0.05) is 0 Å². The smallest absolute Gasteiger partial charge is 0.414 e. The molecule has 0 aromatic carbocycles. The highest BCUT2D eigenvalue weighted by molar-refractivity contribution is 6.27. The van der Waals surface area contributed by atoms with E-state index >= 15 is 0 Å². The van der Waals surface area contributed by atoms with Crippen molar-refractivity contribution in [1.82, 2.24) is 20.1 Å². The van der Waals surface area contributed by atoms with Gasteiger partial charge in [-0.2, -0.15) is 0 Å². The van der Waals surface area contributed by atoms with Crippen molar-refractivity contribution in [3.8, 4) is 0 Å². The number of carbonyl (C=O) groups excluding carboxylic acids is 2. The van der Waals surface area contributed by atoms with Crippen LogP contribution in [-0.2, 0) is 24.0 Å². The van der Waals surface area contributed by atoms with Gasteiger partial charge in [-0.25, -0.2) is 19.2 Å². The van der Waals surface area contributed by atoms with Crippen molar-refractivity contribution in [1.29, 1.82) is 0 Å². The molecule has 1 aromatic rings. The summed E-state index contributed by atoms with van der Waals surface area (Å²) in [5.74, 6) is -7.04. The van der Waals surface area contributed by atoms with Crippen molar-refractivity contribution in [3.05, 3.63) is 24.0 Å². The molecule has 0 radical (unpaired) electrons. The van der Waals surface area contributed by atoms with Crippen molar-refractivity contribution in [2.45, 2.75) is 18.9 Å². The summed E-state index contributed by atoms with van der Waals surface area (Å²) in [6.07, 6.45) is 4.02. The molecule has 0 spiro atoms. The molecule has 2 fully saturated rings. The fraction of sp³-hybridized carbons (Fsp3) is 0.474. The Labute approximate surface area is 187 Å². The number of piperazine rings is 1. The molecule has 6 N–H and O–H groups in total. The number of aliphatic carboxylic acids is 4. The molecule has 0 atom stereocenters. The molecule has 14 heteroatoms. The monoisotopic (exact) mass is 470 g/mol.